The second-order valence-corrected chi connectivity index (χ2v) is 2.59. The summed E-state index contributed by atoms with van der Waals surface area (Å²) in [6, 6.07) is 3.41. The molecule has 2 aromatic rings. The standard InChI is InChI=1S/C8H7N5O2/c1-15-8(14)7-9-5-13(12-7)6-3-2-4-10-11-6/h2-5H,1H3. The van der Waals surface area contributed by atoms with Crippen molar-refractivity contribution in [2.24, 2.45) is 0 Å². The van der Waals surface area contributed by atoms with E-state index < -0.39 is 5.97 Å². The Balaban J connectivity index is 2.32. The molecule has 0 saturated carbocycles. The number of hydrogen-bond acceptors (Lipinski definition) is 6. The number of carbonyl (C=O) groups is 1. The van der Waals surface area contributed by atoms with Crippen LogP contribution in [0, 0.1) is 0 Å². The van der Waals surface area contributed by atoms with Gasteiger partial charge in [-0.3, -0.25) is 0 Å². The predicted octanol–water partition coefficient (Wildman–Crippen LogP) is -0.156. The normalized spacial score (nSPS) is 9.93. The van der Waals surface area contributed by atoms with Gasteiger partial charge in [0.2, 0.25) is 0 Å². The first-order valence-electron chi connectivity index (χ1n) is 4.09. The van der Waals surface area contributed by atoms with Gasteiger partial charge in [0.05, 0.1) is 7.11 Å². The fourth-order valence-electron chi connectivity index (χ4n) is 0.974. The molecule has 0 bridgehead atoms. The van der Waals surface area contributed by atoms with E-state index >= 15 is 0 Å². The van der Waals surface area contributed by atoms with E-state index in [0.29, 0.717) is 5.82 Å². The number of hydrogen-bond donors (Lipinski definition) is 0. The van der Waals surface area contributed by atoms with Crippen molar-refractivity contribution in [1.82, 2.24) is 25.0 Å². The summed E-state index contributed by atoms with van der Waals surface area (Å²) in [7, 11) is 1.27. The molecule has 76 valence electrons. The number of methoxy groups -OCH3 is 1. The molecule has 0 aliphatic carbocycles. The Labute approximate surface area is 84.7 Å². The van der Waals surface area contributed by atoms with Gasteiger partial charge in [-0.1, -0.05) is 0 Å². The zero-order valence-corrected chi connectivity index (χ0v) is 7.86. The quantitative estimate of drug-likeness (QED) is 0.634. The number of esters is 1. The van der Waals surface area contributed by atoms with Gasteiger partial charge in [0.15, 0.2) is 5.82 Å². The third-order valence-corrected chi connectivity index (χ3v) is 1.65. The van der Waals surface area contributed by atoms with Gasteiger partial charge in [0.25, 0.3) is 5.82 Å². The Kier molecular flexibility index (Phi) is 2.36. The van der Waals surface area contributed by atoms with Gasteiger partial charge in [-0.15, -0.1) is 10.2 Å². The van der Waals surface area contributed by atoms with Gasteiger partial charge in [-0.2, -0.15) is 9.78 Å². The second kappa shape index (κ2) is 3.82. The van der Waals surface area contributed by atoms with Gasteiger partial charge in [-0.25, -0.2) is 9.78 Å². The first-order valence-corrected chi connectivity index (χ1v) is 4.09. The van der Waals surface area contributed by atoms with E-state index in [1.165, 1.54) is 18.1 Å². The largest absolute Gasteiger partial charge is 0.463 e. The molecular weight excluding hydrogens is 198 g/mol. The maximum absolute atomic E-state index is 11.1. The van der Waals surface area contributed by atoms with Gasteiger partial charge in [-0.05, 0) is 12.1 Å². The highest BCUT2D eigenvalue weighted by Crippen LogP contribution is 2.00. The lowest BCUT2D eigenvalue weighted by atomic mass is 10.5. The van der Waals surface area contributed by atoms with Gasteiger partial charge < -0.3 is 4.74 Å². The predicted molar refractivity (Wildman–Crippen MR) is 48.3 cm³/mol. The van der Waals surface area contributed by atoms with Crippen molar-refractivity contribution in [3.63, 3.8) is 0 Å². The maximum Gasteiger partial charge on any atom is 0.377 e. The Bertz CT molecular complexity index is 467. The molecule has 0 aromatic carbocycles. The summed E-state index contributed by atoms with van der Waals surface area (Å²) < 4.78 is 5.82. The summed E-state index contributed by atoms with van der Waals surface area (Å²) in [4.78, 5) is 14.8. The average molecular weight is 205 g/mol. The Morgan fingerprint density at radius 3 is 3.07 bits per heavy atom. The molecule has 0 N–H and O–H groups in total. The van der Waals surface area contributed by atoms with Crippen LogP contribution in [0.3, 0.4) is 0 Å². The minimum Gasteiger partial charge on any atom is -0.463 e. The highest BCUT2D eigenvalue weighted by Gasteiger charge is 2.11. The van der Waals surface area contributed by atoms with Crippen LogP contribution < -0.4 is 0 Å². The SMILES string of the molecule is COC(=O)c1ncn(-c2cccnn2)n1. The average Bonchev–Trinajstić information content (AvgIpc) is 2.78. The van der Waals surface area contributed by atoms with Crippen molar-refractivity contribution in [3.05, 3.63) is 30.5 Å². The maximum atomic E-state index is 11.1. The van der Waals surface area contributed by atoms with Gasteiger partial charge in [0, 0.05) is 6.20 Å². The molecule has 0 atom stereocenters. The lowest BCUT2D eigenvalue weighted by Crippen LogP contribution is -2.05. The molecule has 0 amide bonds. The van der Waals surface area contributed by atoms with Crippen LogP contribution in [0.5, 0.6) is 0 Å². The van der Waals surface area contributed by atoms with Crippen molar-refractivity contribution >= 4 is 5.97 Å². The Hall–Kier alpha value is -2.31. The van der Waals surface area contributed by atoms with E-state index in [4.69, 9.17) is 0 Å². The van der Waals surface area contributed by atoms with Crippen LogP contribution in [0.15, 0.2) is 24.7 Å². The Morgan fingerprint density at radius 1 is 1.53 bits per heavy atom. The van der Waals surface area contributed by atoms with Crippen LogP contribution in [0.2, 0.25) is 0 Å². The van der Waals surface area contributed by atoms with Crippen molar-refractivity contribution < 1.29 is 9.53 Å². The molecule has 0 aliphatic rings. The molecule has 0 saturated heterocycles. The van der Waals surface area contributed by atoms with Crippen LogP contribution >= 0.6 is 0 Å². The van der Waals surface area contributed by atoms with Crippen molar-refractivity contribution in [2.45, 2.75) is 0 Å². The smallest absolute Gasteiger partial charge is 0.377 e. The van der Waals surface area contributed by atoms with E-state index in [2.05, 4.69) is 25.0 Å². The van der Waals surface area contributed by atoms with E-state index in [1.807, 2.05) is 0 Å². The number of nitrogens with zero attached hydrogens (tertiary/aromatic N) is 5. The van der Waals surface area contributed by atoms with Crippen LogP contribution in [-0.4, -0.2) is 38.0 Å². The van der Waals surface area contributed by atoms with Crippen LogP contribution in [0.4, 0.5) is 0 Å². The van der Waals surface area contributed by atoms with Crippen LogP contribution in [0.1, 0.15) is 10.6 Å². The molecule has 7 nitrogen and oxygen atoms in total. The van der Waals surface area contributed by atoms with Crippen LogP contribution in [-0.2, 0) is 4.74 Å². The number of aromatic nitrogens is 5. The van der Waals surface area contributed by atoms with Crippen molar-refractivity contribution in [2.75, 3.05) is 7.11 Å². The minimum absolute atomic E-state index is 0.0110. The van der Waals surface area contributed by atoms with Gasteiger partial charge >= 0.3 is 5.97 Å². The summed E-state index contributed by atoms with van der Waals surface area (Å²) >= 11 is 0. The summed E-state index contributed by atoms with van der Waals surface area (Å²) in [6.45, 7) is 0. The summed E-state index contributed by atoms with van der Waals surface area (Å²) in [6.07, 6.45) is 2.91. The molecule has 2 rings (SSSR count). The highest BCUT2D eigenvalue weighted by molar-refractivity contribution is 5.84. The van der Waals surface area contributed by atoms with E-state index in [9.17, 15) is 4.79 Å². The van der Waals surface area contributed by atoms with Crippen molar-refractivity contribution in [1.29, 1.82) is 0 Å². The van der Waals surface area contributed by atoms with E-state index in [0.717, 1.165) is 0 Å². The molecule has 7 heteroatoms. The zero-order chi connectivity index (χ0) is 10.7. The van der Waals surface area contributed by atoms with Crippen molar-refractivity contribution in [3.8, 4) is 5.82 Å². The fraction of sp³-hybridized carbons (Fsp3) is 0.125. The number of carbonyl (C=O) groups excluding carboxylic acids is 1. The first kappa shape index (κ1) is 9.25. The monoisotopic (exact) mass is 205 g/mol. The molecule has 0 radical (unpaired) electrons. The van der Waals surface area contributed by atoms with E-state index in [-0.39, 0.29) is 5.82 Å². The van der Waals surface area contributed by atoms with Crippen LogP contribution in [0.25, 0.3) is 5.82 Å². The molecule has 0 spiro atoms. The topological polar surface area (TPSA) is 82.8 Å². The fourth-order valence-corrected chi connectivity index (χ4v) is 0.974. The molecule has 2 heterocycles. The molecule has 0 aliphatic heterocycles. The third-order valence-electron chi connectivity index (χ3n) is 1.65. The summed E-state index contributed by atoms with van der Waals surface area (Å²) in [5.41, 5.74) is 0. The number of rotatable bonds is 2. The lowest BCUT2D eigenvalue weighted by molar-refractivity contribution is 0.0587. The zero-order valence-electron chi connectivity index (χ0n) is 7.86. The first-order chi connectivity index (χ1) is 7.31. The number of ether oxygens (including phenoxy) is 1. The van der Waals surface area contributed by atoms with E-state index in [1.54, 1.807) is 18.3 Å². The third kappa shape index (κ3) is 1.80. The summed E-state index contributed by atoms with van der Waals surface area (Å²) in [5, 5.41) is 11.4. The molecule has 2 aromatic heterocycles. The van der Waals surface area contributed by atoms with Gasteiger partial charge in [0.1, 0.15) is 6.33 Å². The minimum atomic E-state index is -0.586. The summed E-state index contributed by atoms with van der Waals surface area (Å²) in [5.74, 6) is -0.110. The molecule has 15 heavy (non-hydrogen) atoms. The second-order valence-electron chi connectivity index (χ2n) is 2.59. The molecule has 0 fully saturated rings. The molecular formula is C8H7N5O2. The highest BCUT2D eigenvalue weighted by atomic mass is 16.5. The molecule has 0 unspecified atom stereocenters. The lowest BCUT2D eigenvalue weighted by Gasteiger charge is -1.95. The Morgan fingerprint density at radius 2 is 2.40 bits per heavy atom.